The van der Waals surface area contributed by atoms with Crippen LogP contribution in [-0.2, 0) is 24.2 Å². The zero-order chi connectivity index (χ0) is 19.7. The predicted octanol–water partition coefficient (Wildman–Crippen LogP) is 0.894. The SMILES string of the molecule is C[C](=[Zr+2])c1ccccc1.C[Si](C)(C)C1=CC[C-]=C1.[Cl-].[Cl-].c1ccc2[cH-]ccc2c1. The Morgan fingerprint density at radius 3 is 2.00 bits per heavy atom. The maximum Gasteiger partial charge on any atom is -0.0114 e. The fourth-order valence-corrected chi connectivity index (χ4v) is 4.34. The van der Waals surface area contributed by atoms with Gasteiger partial charge in [-0.25, -0.2) is 11.3 Å². The smallest absolute Gasteiger partial charge is 0.0114 e. The van der Waals surface area contributed by atoms with Gasteiger partial charge in [-0.05, 0) is 8.07 Å². The molecule has 0 bridgehead atoms. The van der Waals surface area contributed by atoms with E-state index in [0.717, 1.165) is 6.42 Å². The second kappa shape index (κ2) is 14.1. The Morgan fingerprint density at radius 2 is 1.55 bits per heavy atom. The molecule has 0 unspecified atom stereocenters. The molecule has 0 radical (unpaired) electrons. The Kier molecular flexibility index (Phi) is 13.7. The quantitative estimate of drug-likeness (QED) is 0.349. The molecule has 0 heterocycles. The third kappa shape index (κ3) is 10.1. The van der Waals surface area contributed by atoms with Crippen molar-refractivity contribution >= 4 is 22.1 Å². The van der Waals surface area contributed by atoms with E-state index in [1.807, 2.05) is 6.07 Å². The first kappa shape index (κ1) is 28.1. The number of hydrogen-bond donors (Lipinski definition) is 0. The standard InChI is InChI=1S/C9H7.C8H13Si.C8H8.2ClH.Zr/c1-2-5-9-7-3-6-8(9)4-1;1-9(2,3)8-6-4-5-7-8;1-2-8-6-4-3-5-7-8;;;/h1-7H;6-7H,4H2,1-3H3;3-7H,1H3;2*1H;/q2*-1;;;;+2/p-2. The second-order valence-electron chi connectivity index (χ2n) is 7.61. The molecule has 0 saturated heterocycles. The van der Waals surface area contributed by atoms with Gasteiger partial charge >= 0.3 is 70.3 Å². The molecule has 3 aromatic rings. The van der Waals surface area contributed by atoms with Crippen LogP contribution in [-0.4, -0.2) is 11.3 Å². The second-order valence-corrected chi connectivity index (χ2v) is 14.5. The van der Waals surface area contributed by atoms with Gasteiger partial charge in [-0.15, -0.1) is 36.1 Å². The zero-order valence-corrected chi connectivity index (χ0v) is 22.5. The Hall–Kier alpha value is -0.920. The Morgan fingerprint density at radius 1 is 0.931 bits per heavy atom. The van der Waals surface area contributed by atoms with Gasteiger partial charge in [-0.3, -0.25) is 6.08 Å². The fourth-order valence-electron chi connectivity index (χ4n) is 2.68. The van der Waals surface area contributed by atoms with Crippen molar-refractivity contribution in [2.45, 2.75) is 33.0 Å². The average molecular weight is 519 g/mol. The summed E-state index contributed by atoms with van der Waals surface area (Å²) >= 11 is 1.51. The van der Waals surface area contributed by atoms with E-state index in [9.17, 15) is 0 Å². The normalized spacial score (nSPS) is 11.7. The summed E-state index contributed by atoms with van der Waals surface area (Å²) in [6, 6.07) is 25.1. The first-order valence-corrected chi connectivity index (χ1v) is 14.1. The first-order valence-electron chi connectivity index (χ1n) is 9.36. The molecule has 0 N–H and O–H groups in total. The van der Waals surface area contributed by atoms with Gasteiger partial charge in [0.05, 0.1) is 0 Å². The molecule has 0 nitrogen and oxygen atoms in total. The van der Waals surface area contributed by atoms with Crippen LogP contribution in [0.3, 0.4) is 0 Å². The van der Waals surface area contributed by atoms with E-state index >= 15 is 0 Å². The molecule has 1 aliphatic rings. The molecule has 152 valence electrons. The van der Waals surface area contributed by atoms with Crippen molar-refractivity contribution in [3.8, 4) is 0 Å². The number of hydrogen-bond acceptors (Lipinski definition) is 0. The minimum absolute atomic E-state index is 0. The van der Waals surface area contributed by atoms with E-state index < -0.39 is 8.07 Å². The molecule has 0 saturated carbocycles. The summed E-state index contributed by atoms with van der Waals surface area (Å²) in [6.07, 6.45) is 8.69. The van der Waals surface area contributed by atoms with E-state index in [0.29, 0.717) is 0 Å². The number of rotatable bonds is 2. The van der Waals surface area contributed by atoms with Crippen molar-refractivity contribution in [3.05, 3.63) is 102 Å². The maximum absolute atomic E-state index is 3.20. The molecule has 0 atom stereocenters. The summed E-state index contributed by atoms with van der Waals surface area (Å²) in [5.74, 6) is 0. The molecule has 1 aliphatic carbocycles. The number of halogens is 2. The number of allylic oxidation sites excluding steroid dienone is 4. The van der Waals surface area contributed by atoms with Crippen molar-refractivity contribution in [2.24, 2.45) is 0 Å². The van der Waals surface area contributed by atoms with Gasteiger partial charge in [-0.2, -0.15) is 23.6 Å². The van der Waals surface area contributed by atoms with Gasteiger partial charge in [-0.1, -0.05) is 25.7 Å². The zero-order valence-electron chi connectivity index (χ0n) is 17.5. The maximum atomic E-state index is 3.20. The van der Waals surface area contributed by atoms with Crippen LogP contribution in [0.25, 0.3) is 10.8 Å². The molecule has 0 aromatic heterocycles. The van der Waals surface area contributed by atoms with Crippen molar-refractivity contribution < 1.29 is 49.0 Å². The van der Waals surface area contributed by atoms with E-state index in [1.54, 1.807) is 5.20 Å². The summed E-state index contributed by atoms with van der Waals surface area (Å²) in [5, 5.41) is 4.22. The monoisotopic (exact) mass is 516 g/mol. The third-order valence-corrected chi connectivity index (χ3v) is 7.11. The van der Waals surface area contributed by atoms with Crippen molar-refractivity contribution in [1.29, 1.82) is 0 Å². The Bertz CT molecular complexity index is 888. The molecule has 4 rings (SSSR count). The van der Waals surface area contributed by atoms with Crippen LogP contribution < -0.4 is 24.8 Å². The van der Waals surface area contributed by atoms with Crippen LogP contribution in [0.15, 0.2) is 90.1 Å². The topological polar surface area (TPSA) is 0 Å². The van der Waals surface area contributed by atoms with Crippen molar-refractivity contribution in [1.82, 2.24) is 0 Å². The molecule has 0 aliphatic heterocycles. The van der Waals surface area contributed by atoms with Gasteiger partial charge in [0.15, 0.2) is 0 Å². The molecule has 0 amide bonds. The van der Waals surface area contributed by atoms with Gasteiger partial charge in [0.2, 0.25) is 0 Å². The molecule has 3 aromatic carbocycles. The van der Waals surface area contributed by atoms with Crippen molar-refractivity contribution in [2.75, 3.05) is 0 Å². The third-order valence-electron chi connectivity index (χ3n) is 4.32. The fraction of sp³-hybridized carbons (Fsp3) is 0.200. The van der Waals surface area contributed by atoms with Gasteiger partial charge in [0.1, 0.15) is 0 Å². The summed E-state index contributed by atoms with van der Waals surface area (Å²) < 4.78 is 1.46. The predicted molar refractivity (Wildman–Crippen MR) is 120 cm³/mol. The molecule has 0 spiro atoms. The van der Waals surface area contributed by atoms with Crippen LogP contribution in [0.5, 0.6) is 0 Å². The Labute approximate surface area is 204 Å². The molecular weight excluding hydrogens is 490 g/mol. The van der Waals surface area contributed by atoms with E-state index in [-0.39, 0.29) is 24.8 Å². The van der Waals surface area contributed by atoms with Crippen molar-refractivity contribution in [3.63, 3.8) is 0 Å². The van der Waals surface area contributed by atoms with E-state index in [4.69, 9.17) is 0 Å². The van der Waals surface area contributed by atoms with Crippen LogP contribution in [0.2, 0.25) is 19.6 Å². The van der Waals surface area contributed by atoms with Gasteiger partial charge < -0.3 is 24.8 Å². The van der Waals surface area contributed by atoms with Gasteiger partial charge in [0, 0.05) is 0 Å². The molecule has 29 heavy (non-hydrogen) atoms. The summed E-state index contributed by atoms with van der Waals surface area (Å²) in [5.41, 5.74) is 1.37. The number of benzene rings is 2. The summed E-state index contributed by atoms with van der Waals surface area (Å²) in [7, 11) is -0.981. The molecule has 0 fully saturated rings. The van der Waals surface area contributed by atoms with E-state index in [2.05, 4.69) is 112 Å². The summed E-state index contributed by atoms with van der Waals surface area (Å²) in [6.45, 7) is 9.25. The van der Waals surface area contributed by atoms with E-state index in [1.165, 1.54) is 43.8 Å². The number of fused-ring (bicyclic) bond motifs is 1. The van der Waals surface area contributed by atoms with Crippen LogP contribution in [0.1, 0.15) is 18.9 Å². The average Bonchev–Trinajstić information content (AvgIpc) is 3.35. The summed E-state index contributed by atoms with van der Waals surface area (Å²) in [4.78, 5) is 0. The first-order chi connectivity index (χ1) is 12.9. The molecular formula is C25H28Cl2SiZr-2. The minimum Gasteiger partial charge on any atom is -1.00 e. The largest absolute Gasteiger partial charge is 1.00 e. The van der Waals surface area contributed by atoms with Crippen LogP contribution in [0, 0.1) is 6.08 Å². The molecule has 4 heteroatoms. The van der Waals surface area contributed by atoms with Gasteiger partial charge in [0.25, 0.3) is 0 Å². The van der Waals surface area contributed by atoms with Crippen LogP contribution >= 0.6 is 0 Å². The van der Waals surface area contributed by atoms with Crippen LogP contribution in [0.4, 0.5) is 0 Å². The Balaban J connectivity index is 0.000000392. The minimum atomic E-state index is -0.981.